The molecule has 5 rings (SSSR count). The van der Waals surface area contributed by atoms with Crippen molar-refractivity contribution in [2.75, 3.05) is 0 Å². The molecule has 5 aliphatic rings. The van der Waals surface area contributed by atoms with Crippen molar-refractivity contribution in [3.8, 4) is 0 Å². The second kappa shape index (κ2) is 11.7. The Hall–Kier alpha value is -1.68. The number of Topliss-reactive ketones (excluding diaryl/α,β-unsaturated/α-hetero) is 1. The van der Waals surface area contributed by atoms with Crippen molar-refractivity contribution in [2.45, 2.75) is 145 Å². The lowest BCUT2D eigenvalue weighted by atomic mass is 9.36. The summed E-state index contributed by atoms with van der Waals surface area (Å²) in [6, 6.07) is 0.291. The molecule has 4 saturated carbocycles. The van der Waals surface area contributed by atoms with E-state index >= 15 is 0 Å². The number of fused-ring (bicyclic) bond motifs is 7. The minimum Gasteiger partial charge on any atom is -0.343 e. The van der Waals surface area contributed by atoms with Gasteiger partial charge in [0.15, 0.2) is 5.78 Å². The number of amides is 1. The first kappa shape index (κ1) is 33.2. The van der Waals surface area contributed by atoms with Crippen molar-refractivity contribution in [1.29, 1.82) is 0 Å². The lowest BCUT2D eigenvalue weighted by molar-refractivity contribution is -0.181. The summed E-state index contributed by atoms with van der Waals surface area (Å²) in [4.78, 5) is 27.2. The lowest BCUT2D eigenvalue weighted by Gasteiger charge is -2.69. The SMILES string of the molecule is C=C(C/C(C)=C\C)C(=O)NC12CCC3C(CCC4C3(C)CCC3C(C)(C)C(N)CCC34C)C1=C(C(C)C)C(=O)C2.CC. The van der Waals surface area contributed by atoms with E-state index in [1.807, 2.05) is 33.8 Å². The largest absolute Gasteiger partial charge is 0.343 e. The predicted molar refractivity (Wildman–Crippen MR) is 176 cm³/mol. The summed E-state index contributed by atoms with van der Waals surface area (Å²) < 4.78 is 0. The Morgan fingerprint density at radius 3 is 2.26 bits per heavy atom. The predicted octanol–water partition coefficient (Wildman–Crippen LogP) is 8.71. The van der Waals surface area contributed by atoms with Crippen LogP contribution in [0.3, 0.4) is 0 Å². The van der Waals surface area contributed by atoms with E-state index in [2.05, 4.69) is 53.4 Å². The maximum atomic E-state index is 13.7. The fourth-order valence-electron chi connectivity index (χ4n) is 11.3. The zero-order valence-corrected chi connectivity index (χ0v) is 28.7. The van der Waals surface area contributed by atoms with Crippen LogP contribution in [0.15, 0.2) is 34.9 Å². The molecule has 0 aromatic heterocycles. The van der Waals surface area contributed by atoms with Crippen LogP contribution in [0.4, 0.5) is 0 Å². The Morgan fingerprint density at radius 2 is 1.64 bits per heavy atom. The van der Waals surface area contributed by atoms with Crippen molar-refractivity contribution >= 4 is 11.7 Å². The molecule has 0 aromatic rings. The second-order valence-corrected chi connectivity index (χ2v) is 16.0. The first-order valence-electron chi connectivity index (χ1n) is 17.3. The number of nitrogens with two attached hydrogens (primary N) is 1. The zero-order valence-electron chi connectivity index (χ0n) is 28.7. The number of allylic oxidation sites excluding steroid dienone is 3. The third kappa shape index (κ3) is 5.00. The normalized spacial score (nSPS) is 40.7. The van der Waals surface area contributed by atoms with Gasteiger partial charge in [-0.15, -0.1) is 0 Å². The van der Waals surface area contributed by atoms with E-state index < -0.39 is 5.54 Å². The van der Waals surface area contributed by atoms with Crippen LogP contribution >= 0.6 is 0 Å². The van der Waals surface area contributed by atoms with E-state index in [-0.39, 0.29) is 28.4 Å². The molecule has 4 nitrogen and oxygen atoms in total. The van der Waals surface area contributed by atoms with Gasteiger partial charge >= 0.3 is 0 Å². The van der Waals surface area contributed by atoms with Gasteiger partial charge < -0.3 is 11.1 Å². The van der Waals surface area contributed by atoms with Crippen molar-refractivity contribution in [1.82, 2.24) is 5.32 Å². The standard InChI is InChI=1S/C36H56N2O2.C2H6/c1-10-22(4)19-23(5)32(40)38-36-18-13-25-24(31(36)30(21(2)3)26(39)20-36)11-12-28-34(25,8)16-14-27-33(6,7)29(37)15-17-35(27,28)9;1-2/h10,21,24-25,27-29H,5,11-20,37H2,1-4,6-9H3,(H,38,40);1-2H3/b22-10-;. The van der Waals surface area contributed by atoms with Crippen molar-refractivity contribution in [2.24, 2.45) is 51.6 Å². The van der Waals surface area contributed by atoms with Gasteiger partial charge in [-0.3, -0.25) is 9.59 Å². The van der Waals surface area contributed by atoms with Gasteiger partial charge in [0.05, 0.1) is 5.54 Å². The number of rotatable bonds is 5. The minimum atomic E-state index is -0.536. The van der Waals surface area contributed by atoms with E-state index in [1.165, 1.54) is 31.3 Å². The summed E-state index contributed by atoms with van der Waals surface area (Å²) in [7, 11) is 0. The van der Waals surface area contributed by atoms with Crippen molar-refractivity contribution in [3.63, 3.8) is 0 Å². The van der Waals surface area contributed by atoms with Gasteiger partial charge in [-0.05, 0) is 129 Å². The Kier molecular flexibility index (Phi) is 9.23. The summed E-state index contributed by atoms with van der Waals surface area (Å²) in [6.45, 7) is 26.6. The Morgan fingerprint density at radius 1 is 1.00 bits per heavy atom. The number of carbonyl (C=O) groups excluding carboxylic acids is 2. The fraction of sp³-hybridized carbons (Fsp3) is 0.789. The summed E-state index contributed by atoms with van der Waals surface area (Å²) in [6.07, 6.45) is 12.2. The molecule has 8 atom stereocenters. The monoisotopic (exact) mass is 578 g/mol. The van der Waals surface area contributed by atoms with Crippen LogP contribution in [0.25, 0.3) is 0 Å². The van der Waals surface area contributed by atoms with Gasteiger partial charge in [0.1, 0.15) is 0 Å². The quantitative estimate of drug-likeness (QED) is 0.253. The zero-order chi connectivity index (χ0) is 31.4. The highest BCUT2D eigenvalue weighted by Crippen LogP contribution is 2.71. The molecule has 1 amide bonds. The summed E-state index contributed by atoms with van der Waals surface area (Å²) in [5.41, 5.74) is 11.0. The minimum absolute atomic E-state index is 0.0800. The van der Waals surface area contributed by atoms with Crippen LogP contribution in [0, 0.1) is 45.8 Å². The highest BCUT2D eigenvalue weighted by molar-refractivity contribution is 6.03. The van der Waals surface area contributed by atoms with Crippen LogP contribution < -0.4 is 11.1 Å². The van der Waals surface area contributed by atoms with Gasteiger partial charge in [-0.1, -0.05) is 73.6 Å². The Labute approximate surface area is 257 Å². The van der Waals surface area contributed by atoms with Gasteiger partial charge in [0.2, 0.25) is 5.91 Å². The maximum absolute atomic E-state index is 13.7. The molecule has 0 aliphatic heterocycles. The average molecular weight is 579 g/mol. The molecule has 0 aromatic carbocycles. The summed E-state index contributed by atoms with van der Waals surface area (Å²) >= 11 is 0. The van der Waals surface area contributed by atoms with Gasteiger partial charge in [0.25, 0.3) is 0 Å². The van der Waals surface area contributed by atoms with Crippen LogP contribution in [-0.4, -0.2) is 23.3 Å². The number of hydrogen-bond donors (Lipinski definition) is 2. The van der Waals surface area contributed by atoms with E-state index in [0.717, 1.165) is 36.8 Å². The topological polar surface area (TPSA) is 72.2 Å². The van der Waals surface area contributed by atoms with Crippen LogP contribution in [-0.2, 0) is 9.59 Å². The number of carbonyl (C=O) groups is 2. The van der Waals surface area contributed by atoms with Crippen molar-refractivity contribution < 1.29 is 9.59 Å². The summed E-state index contributed by atoms with van der Waals surface area (Å²) in [5.74, 6) is 2.66. The molecule has 3 N–H and O–H groups in total. The highest BCUT2D eigenvalue weighted by Gasteiger charge is 2.66. The van der Waals surface area contributed by atoms with Crippen LogP contribution in [0.1, 0.15) is 133 Å². The second-order valence-electron chi connectivity index (χ2n) is 16.0. The molecule has 4 heteroatoms. The van der Waals surface area contributed by atoms with E-state index in [9.17, 15) is 9.59 Å². The molecular formula is C38H62N2O2. The molecule has 0 spiro atoms. The molecule has 5 aliphatic carbocycles. The molecule has 0 bridgehead atoms. The number of hydrogen-bond acceptors (Lipinski definition) is 3. The van der Waals surface area contributed by atoms with Crippen molar-refractivity contribution in [3.05, 3.63) is 34.9 Å². The molecule has 4 fully saturated rings. The number of ketones is 1. The van der Waals surface area contributed by atoms with E-state index in [0.29, 0.717) is 53.5 Å². The maximum Gasteiger partial charge on any atom is 0.247 e. The Bertz CT molecular complexity index is 1160. The molecule has 0 heterocycles. The molecule has 42 heavy (non-hydrogen) atoms. The van der Waals surface area contributed by atoms with Crippen LogP contribution in [0.2, 0.25) is 0 Å². The molecule has 0 saturated heterocycles. The van der Waals surface area contributed by atoms with Gasteiger partial charge in [0, 0.05) is 18.0 Å². The average Bonchev–Trinajstić information content (AvgIpc) is 3.23. The molecule has 236 valence electrons. The first-order chi connectivity index (χ1) is 19.6. The first-order valence-corrected chi connectivity index (χ1v) is 17.3. The Balaban J connectivity index is 0.00000198. The smallest absolute Gasteiger partial charge is 0.247 e. The molecule has 8 unspecified atom stereocenters. The highest BCUT2D eigenvalue weighted by atomic mass is 16.2. The third-order valence-corrected chi connectivity index (χ3v) is 13.4. The third-order valence-electron chi connectivity index (χ3n) is 13.4. The molecule has 0 radical (unpaired) electrons. The fourth-order valence-corrected chi connectivity index (χ4v) is 11.3. The van der Waals surface area contributed by atoms with E-state index in [4.69, 9.17) is 5.73 Å². The summed E-state index contributed by atoms with van der Waals surface area (Å²) in [5, 5.41) is 3.47. The lowest BCUT2D eigenvalue weighted by Crippen LogP contribution is -2.64. The number of nitrogens with one attached hydrogen (secondary N) is 1. The van der Waals surface area contributed by atoms with Gasteiger partial charge in [-0.2, -0.15) is 0 Å². The van der Waals surface area contributed by atoms with Crippen LogP contribution in [0.5, 0.6) is 0 Å². The molecular weight excluding hydrogens is 516 g/mol. The van der Waals surface area contributed by atoms with E-state index in [1.54, 1.807) is 0 Å². The van der Waals surface area contributed by atoms with Gasteiger partial charge in [-0.25, -0.2) is 0 Å².